The molecule has 3 aliphatic rings. The zero-order valence-corrected chi connectivity index (χ0v) is 11.8. The molecule has 0 spiro atoms. The van der Waals surface area contributed by atoms with Crippen LogP contribution in [0.4, 0.5) is 0 Å². The quantitative estimate of drug-likeness (QED) is 0.798. The first-order valence-corrected chi connectivity index (χ1v) is 7.81. The van der Waals surface area contributed by atoms with E-state index in [1.54, 1.807) is 0 Å². The Balaban J connectivity index is 1.61. The van der Waals surface area contributed by atoms with Gasteiger partial charge < -0.3 is 10.4 Å². The third kappa shape index (κ3) is 2.73. The van der Waals surface area contributed by atoms with Gasteiger partial charge in [-0.25, -0.2) is 0 Å². The molecule has 1 aliphatic heterocycles. The summed E-state index contributed by atoms with van der Waals surface area (Å²) < 4.78 is 0. The van der Waals surface area contributed by atoms with Crippen molar-refractivity contribution in [1.29, 1.82) is 0 Å². The summed E-state index contributed by atoms with van der Waals surface area (Å²) >= 11 is 0. The van der Waals surface area contributed by atoms with Crippen LogP contribution in [0.15, 0.2) is 0 Å². The van der Waals surface area contributed by atoms with E-state index < -0.39 is 0 Å². The van der Waals surface area contributed by atoms with Gasteiger partial charge in [-0.15, -0.1) is 0 Å². The summed E-state index contributed by atoms with van der Waals surface area (Å²) in [5.41, 5.74) is 0. The molecule has 104 valence electrons. The Morgan fingerprint density at radius 3 is 2.39 bits per heavy atom. The molecule has 3 rings (SSSR count). The lowest BCUT2D eigenvalue weighted by Gasteiger charge is -2.49. The summed E-state index contributed by atoms with van der Waals surface area (Å²) in [6, 6.07) is 2.18. The second-order valence-corrected chi connectivity index (χ2v) is 6.95. The van der Waals surface area contributed by atoms with Gasteiger partial charge in [0.05, 0.1) is 6.10 Å². The highest BCUT2D eigenvalue weighted by atomic mass is 16.3. The lowest BCUT2D eigenvalue weighted by atomic mass is 9.77. The van der Waals surface area contributed by atoms with Gasteiger partial charge in [0.2, 0.25) is 0 Å². The number of hydrogen-bond acceptors (Lipinski definition) is 3. The highest BCUT2D eigenvalue weighted by Gasteiger charge is 2.39. The average molecular weight is 252 g/mol. The van der Waals surface area contributed by atoms with Crippen LogP contribution in [0.5, 0.6) is 0 Å². The van der Waals surface area contributed by atoms with Crippen molar-refractivity contribution in [3.05, 3.63) is 0 Å². The van der Waals surface area contributed by atoms with E-state index in [9.17, 15) is 5.11 Å². The van der Waals surface area contributed by atoms with Crippen LogP contribution in [0.25, 0.3) is 0 Å². The Kier molecular flexibility index (Phi) is 3.65. The first-order valence-electron chi connectivity index (χ1n) is 7.81. The van der Waals surface area contributed by atoms with Crippen LogP contribution < -0.4 is 5.32 Å². The largest absolute Gasteiger partial charge is 0.393 e. The normalized spacial score (nSPS) is 43.5. The van der Waals surface area contributed by atoms with Crippen molar-refractivity contribution in [3.63, 3.8) is 0 Å². The van der Waals surface area contributed by atoms with Crippen LogP contribution in [-0.4, -0.2) is 47.3 Å². The summed E-state index contributed by atoms with van der Waals surface area (Å²) in [5.74, 6) is 1.32. The van der Waals surface area contributed by atoms with E-state index in [0.717, 1.165) is 31.0 Å². The van der Waals surface area contributed by atoms with Gasteiger partial charge in [-0.2, -0.15) is 0 Å². The Morgan fingerprint density at radius 2 is 1.89 bits per heavy atom. The molecule has 18 heavy (non-hydrogen) atoms. The molecule has 0 amide bonds. The second kappa shape index (κ2) is 5.10. The first-order chi connectivity index (χ1) is 8.63. The molecule has 0 bridgehead atoms. The van der Waals surface area contributed by atoms with Gasteiger partial charge >= 0.3 is 0 Å². The maximum Gasteiger partial charge on any atom is 0.0553 e. The van der Waals surface area contributed by atoms with E-state index in [0.29, 0.717) is 12.0 Å². The second-order valence-electron chi connectivity index (χ2n) is 6.95. The van der Waals surface area contributed by atoms with Crippen LogP contribution in [0, 0.1) is 11.8 Å². The summed E-state index contributed by atoms with van der Waals surface area (Å²) in [4.78, 5) is 2.66. The van der Waals surface area contributed by atoms with Crippen LogP contribution in [0.2, 0.25) is 0 Å². The Bertz CT molecular complexity index is 290. The summed E-state index contributed by atoms with van der Waals surface area (Å²) in [6.07, 6.45) is 6.47. The lowest BCUT2D eigenvalue weighted by molar-refractivity contribution is -0.0105. The zero-order valence-electron chi connectivity index (χ0n) is 11.8. The average Bonchev–Trinajstić information content (AvgIpc) is 3.10. The van der Waals surface area contributed by atoms with Gasteiger partial charge in [0.25, 0.3) is 0 Å². The predicted molar refractivity (Wildman–Crippen MR) is 73.5 cm³/mol. The molecular formula is C15H28N2O. The van der Waals surface area contributed by atoms with Crippen molar-refractivity contribution in [2.24, 2.45) is 11.8 Å². The SMILES string of the molecule is CC(O)C1CC(NC2CC2)CN(C2CCC2C)C1. The minimum Gasteiger partial charge on any atom is -0.393 e. The number of nitrogens with zero attached hydrogens (tertiary/aromatic N) is 1. The van der Waals surface area contributed by atoms with Gasteiger partial charge in [0.15, 0.2) is 0 Å². The maximum absolute atomic E-state index is 9.95. The van der Waals surface area contributed by atoms with E-state index in [2.05, 4.69) is 17.1 Å². The van der Waals surface area contributed by atoms with Crippen molar-refractivity contribution >= 4 is 0 Å². The minimum absolute atomic E-state index is 0.160. The number of likely N-dealkylation sites (tertiary alicyclic amines) is 1. The molecule has 0 radical (unpaired) electrons. The highest BCUT2D eigenvalue weighted by Crippen LogP contribution is 2.35. The molecule has 2 aliphatic carbocycles. The number of piperidine rings is 1. The molecule has 1 saturated heterocycles. The van der Waals surface area contributed by atoms with Crippen molar-refractivity contribution in [2.45, 2.75) is 70.2 Å². The van der Waals surface area contributed by atoms with E-state index >= 15 is 0 Å². The topological polar surface area (TPSA) is 35.5 Å². The van der Waals surface area contributed by atoms with E-state index in [4.69, 9.17) is 0 Å². The van der Waals surface area contributed by atoms with E-state index in [-0.39, 0.29) is 6.10 Å². The molecule has 3 nitrogen and oxygen atoms in total. The highest BCUT2D eigenvalue weighted by molar-refractivity contribution is 4.96. The van der Waals surface area contributed by atoms with Crippen LogP contribution in [0.3, 0.4) is 0 Å². The fraction of sp³-hybridized carbons (Fsp3) is 1.00. The molecular weight excluding hydrogens is 224 g/mol. The number of aliphatic hydroxyl groups is 1. The zero-order chi connectivity index (χ0) is 12.7. The van der Waals surface area contributed by atoms with Gasteiger partial charge in [-0.1, -0.05) is 6.92 Å². The molecule has 3 fully saturated rings. The number of rotatable bonds is 4. The Hall–Kier alpha value is -0.120. The van der Waals surface area contributed by atoms with Gasteiger partial charge in [-0.05, 0) is 50.9 Å². The smallest absolute Gasteiger partial charge is 0.0553 e. The first kappa shape index (κ1) is 12.9. The van der Waals surface area contributed by atoms with Crippen molar-refractivity contribution < 1.29 is 5.11 Å². The molecule has 0 aromatic carbocycles. The fourth-order valence-electron chi connectivity index (χ4n) is 3.69. The van der Waals surface area contributed by atoms with E-state index in [1.165, 1.54) is 32.2 Å². The minimum atomic E-state index is -0.160. The summed E-state index contributed by atoms with van der Waals surface area (Å²) in [7, 11) is 0. The molecule has 5 unspecified atom stereocenters. The number of nitrogens with one attached hydrogen (secondary N) is 1. The van der Waals surface area contributed by atoms with Crippen molar-refractivity contribution in [3.8, 4) is 0 Å². The van der Waals surface area contributed by atoms with Crippen LogP contribution in [-0.2, 0) is 0 Å². The maximum atomic E-state index is 9.95. The predicted octanol–water partition coefficient (Wildman–Crippen LogP) is 1.61. The monoisotopic (exact) mass is 252 g/mol. The van der Waals surface area contributed by atoms with Gasteiger partial charge in [-0.3, -0.25) is 4.90 Å². The molecule has 1 heterocycles. The Labute approximate surface area is 111 Å². The van der Waals surface area contributed by atoms with Crippen molar-refractivity contribution in [2.75, 3.05) is 13.1 Å². The van der Waals surface area contributed by atoms with E-state index in [1.807, 2.05) is 6.92 Å². The molecule has 0 aromatic rings. The standard InChI is InChI=1S/C15H28N2O/c1-10-3-6-15(10)17-8-12(11(2)18)7-14(9-17)16-13-4-5-13/h10-16,18H,3-9H2,1-2H3. The third-order valence-electron chi connectivity index (χ3n) is 5.29. The fourth-order valence-corrected chi connectivity index (χ4v) is 3.69. The van der Waals surface area contributed by atoms with Gasteiger partial charge in [0, 0.05) is 31.2 Å². The number of aliphatic hydroxyl groups excluding tert-OH is 1. The number of hydrogen-bond donors (Lipinski definition) is 2. The van der Waals surface area contributed by atoms with Crippen LogP contribution in [0.1, 0.15) is 46.0 Å². The van der Waals surface area contributed by atoms with Crippen molar-refractivity contribution in [1.82, 2.24) is 10.2 Å². The third-order valence-corrected chi connectivity index (χ3v) is 5.29. The molecule has 2 N–H and O–H groups in total. The molecule has 0 aromatic heterocycles. The van der Waals surface area contributed by atoms with Gasteiger partial charge in [0.1, 0.15) is 0 Å². The summed E-state index contributed by atoms with van der Waals surface area (Å²) in [5, 5.41) is 13.7. The molecule has 2 saturated carbocycles. The lowest BCUT2D eigenvalue weighted by Crippen LogP contribution is -2.58. The van der Waals surface area contributed by atoms with Crippen LogP contribution >= 0.6 is 0 Å². The summed E-state index contributed by atoms with van der Waals surface area (Å²) in [6.45, 7) is 6.65. The molecule has 5 atom stereocenters. The Morgan fingerprint density at radius 1 is 1.11 bits per heavy atom. The molecule has 3 heteroatoms.